The monoisotopic (exact) mass is 281 g/mol. The summed E-state index contributed by atoms with van der Waals surface area (Å²) < 4.78 is 0. The number of hydrogen-bond acceptors (Lipinski definition) is 4. The van der Waals surface area contributed by atoms with E-state index in [0.29, 0.717) is 5.54 Å². The molecule has 2 heterocycles. The molecule has 1 spiro atoms. The van der Waals surface area contributed by atoms with Gasteiger partial charge in [0.05, 0.1) is 0 Å². The fraction of sp³-hybridized carbons (Fsp3) is 0.692. The van der Waals surface area contributed by atoms with Crippen molar-refractivity contribution in [3.8, 4) is 0 Å². The molecule has 3 rings (SSSR count). The van der Waals surface area contributed by atoms with Crippen LogP contribution >= 0.6 is 23.1 Å². The molecule has 1 aromatic heterocycles. The van der Waals surface area contributed by atoms with Crippen molar-refractivity contribution >= 4 is 28.3 Å². The highest BCUT2D eigenvalue weighted by Gasteiger charge is 2.39. The Morgan fingerprint density at radius 3 is 2.89 bits per heavy atom. The zero-order valence-electron chi connectivity index (χ0n) is 10.9. The fourth-order valence-corrected chi connectivity index (χ4v) is 4.75. The van der Waals surface area contributed by atoms with E-state index in [1.54, 1.807) is 11.3 Å². The van der Waals surface area contributed by atoms with E-state index in [-0.39, 0.29) is 6.04 Å². The van der Waals surface area contributed by atoms with Gasteiger partial charge in [0, 0.05) is 22.4 Å². The molecule has 1 unspecified atom stereocenters. The lowest BCUT2D eigenvalue weighted by Gasteiger charge is -2.21. The second-order valence-corrected chi connectivity index (χ2v) is 7.55. The van der Waals surface area contributed by atoms with Crippen LogP contribution in [0.4, 0.5) is 0 Å². The van der Waals surface area contributed by atoms with Gasteiger partial charge in [-0.2, -0.15) is 0 Å². The molecule has 1 aromatic rings. The first kappa shape index (κ1) is 12.5. The summed E-state index contributed by atoms with van der Waals surface area (Å²) in [6, 6.07) is 0.176. The minimum Gasteiger partial charge on any atom is -0.359 e. The summed E-state index contributed by atoms with van der Waals surface area (Å²) in [6.07, 6.45) is 7.28. The van der Waals surface area contributed by atoms with E-state index in [2.05, 4.69) is 24.1 Å². The van der Waals surface area contributed by atoms with Crippen molar-refractivity contribution < 1.29 is 0 Å². The van der Waals surface area contributed by atoms with Crippen LogP contribution in [0.15, 0.2) is 11.2 Å². The topological polar surface area (TPSA) is 37.3 Å². The molecule has 2 aliphatic rings. The van der Waals surface area contributed by atoms with Crippen molar-refractivity contribution in [1.82, 2.24) is 10.3 Å². The first-order valence-electron chi connectivity index (χ1n) is 6.58. The highest BCUT2D eigenvalue weighted by Crippen LogP contribution is 2.38. The Kier molecular flexibility index (Phi) is 3.36. The first-order chi connectivity index (χ1) is 8.67. The predicted octanol–water partition coefficient (Wildman–Crippen LogP) is 3.52. The lowest BCUT2D eigenvalue weighted by molar-refractivity contribution is 0.452. The third-order valence-electron chi connectivity index (χ3n) is 3.73. The standard InChI is InChI=1S/C13H19N3S2/c1-9-7-14-11(18-9)10(2)15-12-16-13(8-17-12)5-3-4-6-13/h7,10H,3-6,8H2,1-2H3,(H,15,16). The Balaban J connectivity index is 1.70. The van der Waals surface area contributed by atoms with Gasteiger partial charge in [-0.15, -0.1) is 11.3 Å². The molecule has 1 N–H and O–H groups in total. The van der Waals surface area contributed by atoms with Gasteiger partial charge in [-0.1, -0.05) is 24.6 Å². The molecular weight excluding hydrogens is 262 g/mol. The third-order valence-corrected chi connectivity index (χ3v) is 5.99. The summed E-state index contributed by atoms with van der Waals surface area (Å²) in [5.74, 6) is 1.19. The van der Waals surface area contributed by atoms with Gasteiger partial charge in [-0.05, 0) is 26.7 Å². The minimum absolute atomic E-state index is 0.176. The maximum Gasteiger partial charge on any atom is 0.157 e. The van der Waals surface area contributed by atoms with E-state index < -0.39 is 0 Å². The Hall–Kier alpha value is -0.550. The number of aliphatic imine (C=N–C) groups is 1. The Labute approximate surface area is 116 Å². The fourth-order valence-electron chi connectivity index (χ4n) is 2.69. The molecule has 0 aromatic carbocycles. The first-order valence-corrected chi connectivity index (χ1v) is 8.38. The van der Waals surface area contributed by atoms with Crippen LogP contribution < -0.4 is 5.32 Å². The van der Waals surface area contributed by atoms with Crippen LogP contribution in [0, 0.1) is 6.92 Å². The van der Waals surface area contributed by atoms with Crippen molar-refractivity contribution in [2.45, 2.75) is 51.1 Å². The number of thioether (sulfide) groups is 1. The van der Waals surface area contributed by atoms with E-state index in [1.165, 1.54) is 36.3 Å². The van der Waals surface area contributed by atoms with Crippen molar-refractivity contribution in [2.75, 3.05) is 5.75 Å². The second-order valence-electron chi connectivity index (χ2n) is 5.32. The van der Waals surface area contributed by atoms with Gasteiger partial charge in [-0.25, -0.2) is 4.98 Å². The SMILES string of the molecule is Cc1cnc(C(C)N=C2NC3(CCCC3)CS2)s1. The van der Waals surface area contributed by atoms with Gasteiger partial charge < -0.3 is 5.32 Å². The molecule has 5 heteroatoms. The summed E-state index contributed by atoms with van der Waals surface area (Å²) in [6.45, 7) is 4.23. The highest BCUT2D eigenvalue weighted by atomic mass is 32.2. The smallest absolute Gasteiger partial charge is 0.157 e. The van der Waals surface area contributed by atoms with Crippen molar-refractivity contribution in [1.29, 1.82) is 0 Å². The summed E-state index contributed by atoms with van der Waals surface area (Å²) >= 11 is 3.63. The van der Waals surface area contributed by atoms with Gasteiger partial charge in [0.2, 0.25) is 0 Å². The molecule has 0 radical (unpaired) electrons. The van der Waals surface area contributed by atoms with Crippen molar-refractivity contribution in [2.24, 2.45) is 4.99 Å². The number of aryl methyl sites for hydroxylation is 1. The normalized spacial score (nSPS) is 25.8. The minimum atomic E-state index is 0.176. The summed E-state index contributed by atoms with van der Waals surface area (Å²) in [7, 11) is 0. The number of aromatic nitrogens is 1. The van der Waals surface area contributed by atoms with Crippen LogP contribution in [0.2, 0.25) is 0 Å². The maximum absolute atomic E-state index is 4.79. The van der Waals surface area contributed by atoms with E-state index >= 15 is 0 Å². The molecule has 0 bridgehead atoms. The van der Waals surface area contributed by atoms with E-state index in [9.17, 15) is 0 Å². The van der Waals surface area contributed by atoms with Gasteiger partial charge in [0.25, 0.3) is 0 Å². The average molecular weight is 281 g/mol. The summed E-state index contributed by atoms with van der Waals surface area (Å²) in [5.41, 5.74) is 0.363. The van der Waals surface area contributed by atoms with Gasteiger partial charge >= 0.3 is 0 Å². The summed E-state index contributed by atoms with van der Waals surface area (Å²) in [5, 5.41) is 5.91. The quantitative estimate of drug-likeness (QED) is 0.901. The number of hydrogen-bond donors (Lipinski definition) is 1. The van der Waals surface area contributed by atoms with Gasteiger partial charge in [0.15, 0.2) is 5.17 Å². The Morgan fingerprint density at radius 2 is 2.22 bits per heavy atom. The van der Waals surface area contributed by atoms with E-state index in [0.717, 1.165) is 10.2 Å². The number of amidine groups is 1. The molecule has 1 saturated carbocycles. The summed E-state index contributed by atoms with van der Waals surface area (Å²) in [4.78, 5) is 10.5. The van der Waals surface area contributed by atoms with Gasteiger partial charge in [-0.3, -0.25) is 4.99 Å². The molecule has 2 fully saturated rings. The zero-order valence-corrected chi connectivity index (χ0v) is 12.5. The van der Waals surface area contributed by atoms with Crippen molar-refractivity contribution in [3.05, 3.63) is 16.1 Å². The average Bonchev–Trinajstić information content (AvgIpc) is 3.03. The molecule has 18 heavy (non-hydrogen) atoms. The zero-order chi connectivity index (χ0) is 12.6. The Morgan fingerprint density at radius 1 is 1.44 bits per heavy atom. The highest BCUT2D eigenvalue weighted by molar-refractivity contribution is 8.14. The van der Waals surface area contributed by atoms with Crippen LogP contribution in [0.3, 0.4) is 0 Å². The van der Waals surface area contributed by atoms with Crippen LogP contribution in [0.25, 0.3) is 0 Å². The number of thiazole rings is 1. The molecule has 0 amide bonds. The molecule has 1 saturated heterocycles. The van der Waals surface area contributed by atoms with Crippen LogP contribution in [0.1, 0.15) is 48.5 Å². The number of nitrogens with one attached hydrogen (secondary N) is 1. The van der Waals surface area contributed by atoms with Crippen LogP contribution in [-0.2, 0) is 0 Å². The maximum atomic E-state index is 4.79. The molecule has 1 aliphatic carbocycles. The predicted molar refractivity (Wildman–Crippen MR) is 79.5 cm³/mol. The number of nitrogens with zero attached hydrogens (tertiary/aromatic N) is 2. The lowest BCUT2D eigenvalue weighted by atomic mass is 10.0. The van der Waals surface area contributed by atoms with Gasteiger partial charge in [0.1, 0.15) is 11.0 Å². The van der Waals surface area contributed by atoms with Crippen molar-refractivity contribution in [3.63, 3.8) is 0 Å². The molecular formula is C13H19N3S2. The van der Waals surface area contributed by atoms with Crippen LogP contribution in [0.5, 0.6) is 0 Å². The Bertz CT molecular complexity index is 461. The molecule has 1 aliphatic heterocycles. The van der Waals surface area contributed by atoms with E-state index in [4.69, 9.17) is 4.99 Å². The lowest BCUT2D eigenvalue weighted by Crippen LogP contribution is -2.40. The largest absolute Gasteiger partial charge is 0.359 e. The third kappa shape index (κ3) is 2.43. The number of rotatable bonds is 2. The van der Waals surface area contributed by atoms with E-state index in [1.807, 2.05) is 18.0 Å². The molecule has 1 atom stereocenters. The second kappa shape index (κ2) is 4.85. The van der Waals surface area contributed by atoms with Crippen LogP contribution in [-0.4, -0.2) is 21.4 Å². The molecule has 98 valence electrons. The molecule has 3 nitrogen and oxygen atoms in total.